The average molecular weight is 271 g/mol. The SMILES string of the molecule is CC(=O)[Se]P1(=O)OCC(C)(C)CO1. The van der Waals surface area contributed by atoms with Crippen molar-refractivity contribution in [1.82, 2.24) is 0 Å². The molecule has 76 valence electrons. The van der Waals surface area contributed by atoms with Gasteiger partial charge in [0.2, 0.25) is 0 Å². The van der Waals surface area contributed by atoms with Gasteiger partial charge in [-0.15, -0.1) is 0 Å². The maximum atomic E-state index is 11.7. The summed E-state index contributed by atoms with van der Waals surface area (Å²) in [6, 6.07) is 0. The second-order valence-corrected chi connectivity index (χ2v) is 10.5. The van der Waals surface area contributed by atoms with Gasteiger partial charge < -0.3 is 0 Å². The Morgan fingerprint density at radius 3 is 2.23 bits per heavy atom. The molecular weight excluding hydrogens is 258 g/mol. The Morgan fingerprint density at radius 1 is 1.38 bits per heavy atom. The summed E-state index contributed by atoms with van der Waals surface area (Å²) in [5.41, 5.74) is -0.0964. The summed E-state index contributed by atoms with van der Waals surface area (Å²) in [4.78, 5) is 10.8. The second-order valence-electron chi connectivity index (χ2n) is 3.74. The van der Waals surface area contributed by atoms with Gasteiger partial charge in [-0.25, -0.2) is 0 Å². The molecule has 1 rings (SSSR count). The van der Waals surface area contributed by atoms with Crippen LogP contribution in [-0.4, -0.2) is 32.4 Å². The quantitative estimate of drug-likeness (QED) is 0.563. The zero-order valence-electron chi connectivity index (χ0n) is 7.90. The van der Waals surface area contributed by atoms with E-state index in [4.69, 9.17) is 9.05 Å². The Balaban J connectivity index is 2.57. The number of carbonyl (C=O) groups is 1. The van der Waals surface area contributed by atoms with Crippen LogP contribution in [-0.2, 0) is 18.4 Å². The number of hydrogen-bond donors (Lipinski definition) is 0. The summed E-state index contributed by atoms with van der Waals surface area (Å²) in [7, 11) is 0. The summed E-state index contributed by atoms with van der Waals surface area (Å²) < 4.78 is 21.9. The fourth-order valence-corrected chi connectivity index (χ4v) is 5.62. The van der Waals surface area contributed by atoms with E-state index in [-0.39, 0.29) is 10.1 Å². The summed E-state index contributed by atoms with van der Waals surface area (Å²) in [5, 5.41) is 0. The van der Waals surface area contributed by atoms with Gasteiger partial charge in [0.15, 0.2) is 0 Å². The Labute approximate surface area is 83.7 Å². The van der Waals surface area contributed by atoms with Gasteiger partial charge in [0.25, 0.3) is 0 Å². The van der Waals surface area contributed by atoms with Crippen LogP contribution >= 0.6 is 6.29 Å². The van der Waals surface area contributed by atoms with Crippen LogP contribution in [0, 0.1) is 5.41 Å². The normalized spacial score (nSPS) is 25.5. The predicted molar refractivity (Wildman–Crippen MR) is 49.7 cm³/mol. The molecule has 4 nitrogen and oxygen atoms in total. The van der Waals surface area contributed by atoms with Gasteiger partial charge in [-0.2, -0.15) is 0 Å². The molecule has 0 aromatic heterocycles. The Morgan fingerprint density at radius 2 is 1.85 bits per heavy atom. The standard InChI is InChI=1S/C7H13O4PSe/c1-6(8)13-12(9)10-4-7(2,3)5-11-12/h4-5H2,1-3H3. The summed E-state index contributed by atoms with van der Waals surface area (Å²) >= 11 is -0.677. The minimum absolute atomic E-state index is 0.0964. The van der Waals surface area contributed by atoms with E-state index in [1.165, 1.54) is 6.92 Å². The topological polar surface area (TPSA) is 52.6 Å². The molecular formula is C7H13O4PSe. The summed E-state index contributed by atoms with van der Waals surface area (Å²) in [6.45, 7) is 6.15. The van der Waals surface area contributed by atoms with Crippen molar-refractivity contribution in [3.63, 3.8) is 0 Å². The molecule has 0 spiro atoms. The van der Waals surface area contributed by atoms with Crippen molar-refractivity contribution in [2.45, 2.75) is 20.8 Å². The van der Waals surface area contributed by atoms with Crippen molar-refractivity contribution >= 4 is 25.5 Å². The third kappa shape index (κ3) is 3.53. The molecule has 1 fully saturated rings. The Bertz CT molecular complexity index is 249. The van der Waals surface area contributed by atoms with Gasteiger partial charge in [-0.05, 0) is 0 Å². The molecule has 0 saturated carbocycles. The number of hydrogen-bond acceptors (Lipinski definition) is 4. The Hall–Kier alpha value is 0.339. The van der Waals surface area contributed by atoms with Crippen molar-refractivity contribution in [3.8, 4) is 0 Å². The van der Waals surface area contributed by atoms with Crippen molar-refractivity contribution in [1.29, 1.82) is 0 Å². The zero-order valence-corrected chi connectivity index (χ0v) is 10.5. The average Bonchev–Trinajstić information content (AvgIpc) is 1.95. The van der Waals surface area contributed by atoms with E-state index >= 15 is 0 Å². The molecule has 1 heterocycles. The predicted octanol–water partition coefficient (Wildman–Crippen LogP) is 1.42. The van der Waals surface area contributed by atoms with E-state index in [9.17, 15) is 9.36 Å². The van der Waals surface area contributed by atoms with Crippen LogP contribution in [0.2, 0.25) is 0 Å². The zero-order chi connectivity index (χ0) is 10.1. The first-order chi connectivity index (χ1) is 5.83. The van der Waals surface area contributed by atoms with Gasteiger partial charge in [0, 0.05) is 0 Å². The van der Waals surface area contributed by atoms with E-state index in [0.717, 1.165) is 0 Å². The van der Waals surface area contributed by atoms with Gasteiger partial charge in [0.1, 0.15) is 0 Å². The molecule has 6 heteroatoms. The van der Waals surface area contributed by atoms with Gasteiger partial charge >= 0.3 is 83.3 Å². The van der Waals surface area contributed by atoms with Crippen molar-refractivity contribution in [2.75, 3.05) is 13.2 Å². The first kappa shape index (κ1) is 11.4. The molecule has 0 unspecified atom stereocenters. The molecule has 1 aliphatic rings. The van der Waals surface area contributed by atoms with Crippen molar-refractivity contribution in [3.05, 3.63) is 0 Å². The third-order valence-corrected chi connectivity index (χ3v) is 7.19. The van der Waals surface area contributed by atoms with Crippen LogP contribution in [0.4, 0.5) is 0 Å². The number of rotatable bonds is 2. The van der Waals surface area contributed by atoms with E-state index in [1.807, 2.05) is 13.8 Å². The molecule has 0 radical (unpaired) electrons. The fraction of sp³-hybridized carbons (Fsp3) is 0.857. The van der Waals surface area contributed by atoms with E-state index in [2.05, 4.69) is 0 Å². The molecule has 0 amide bonds. The van der Waals surface area contributed by atoms with E-state index in [1.54, 1.807) is 0 Å². The third-order valence-electron chi connectivity index (χ3n) is 1.47. The van der Waals surface area contributed by atoms with Crippen LogP contribution < -0.4 is 0 Å². The van der Waals surface area contributed by atoms with Crippen molar-refractivity contribution < 1.29 is 18.4 Å². The molecule has 1 aliphatic heterocycles. The molecule has 0 aliphatic carbocycles. The molecule has 0 aromatic rings. The molecule has 0 bridgehead atoms. The van der Waals surface area contributed by atoms with Crippen LogP contribution in [0.5, 0.6) is 0 Å². The van der Waals surface area contributed by atoms with Gasteiger partial charge in [-0.1, -0.05) is 0 Å². The van der Waals surface area contributed by atoms with E-state index in [0.29, 0.717) is 13.2 Å². The Kier molecular flexibility index (Phi) is 3.37. The summed E-state index contributed by atoms with van der Waals surface area (Å²) in [6.07, 6.45) is -3.04. The first-order valence-electron chi connectivity index (χ1n) is 3.92. The van der Waals surface area contributed by atoms with Gasteiger partial charge in [-0.3, -0.25) is 0 Å². The fourth-order valence-electron chi connectivity index (χ4n) is 0.797. The van der Waals surface area contributed by atoms with Crippen LogP contribution in [0.1, 0.15) is 20.8 Å². The molecule has 0 aromatic carbocycles. The van der Waals surface area contributed by atoms with Crippen LogP contribution in [0.3, 0.4) is 0 Å². The molecule has 0 atom stereocenters. The van der Waals surface area contributed by atoms with E-state index < -0.39 is 20.8 Å². The van der Waals surface area contributed by atoms with Gasteiger partial charge in [0.05, 0.1) is 0 Å². The summed E-state index contributed by atoms with van der Waals surface area (Å²) in [5.74, 6) is 0. The molecule has 0 N–H and O–H groups in total. The van der Waals surface area contributed by atoms with Crippen molar-refractivity contribution in [2.24, 2.45) is 5.41 Å². The van der Waals surface area contributed by atoms with Crippen LogP contribution in [0.25, 0.3) is 0 Å². The first-order valence-corrected chi connectivity index (χ1v) is 8.54. The monoisotopic (exact) mass is 272 g/mol. The molecule has 13 heavy (non-hydrogen) atoms. The second kappa shape index (κ2) is 3.84. The van der Waals surface area contributed by atoms with Crippen LogP contribution in [0.15, 0.2) is 0 Å². The number of carbonyl (C=O) groups excluding carboxylic acids is 1. The maximum absolute atomic E-state index is 11.7. The molecule has 1 saturated heterocycles. The minimum atomic E-state index is -3.04.